The van der Waals surface area contributed by atoms with Crippen LogP contribution in [0.4, 0.5) is 0 Å². The van der Waals surface area contributed by atoms with Gasteiger partial charge in [0.25, 0.3) is 0 Å². The van der Waals surface area contributed by atoms with Crippen molar-refractivity contribution in [3.63, 3.8) is 0 Å². The third-order valence-electron chi connectivity index (χ3n) is 4.65. The Labute approximate surface area is 101 Å². The highest BCUT2D eigenvalue weighted by Crippen LogP contribution is 2.48. The maximum Gasteiger partial charge on any atom is 0.0625 e. The van der Waals surface area contributed by atoms with Crippen molar-refractivity contribution in [2.24, 2.45) is 17.3 Å². The lowest BCUT2D eigenvalue weighted by Gasteiger charge is -2.30. The van der Waals surface area contributed by atoms with E-state index in [1.54, 1.807) is 0 Å². The van der Waals surface area contributed by atoms with Crippen LogP contribution in [0.5, 0.6) is 0 Å². The van der Waals surface area contributed by atoms with Crippen molar-refractivity contribution in [2.75, 3.05) is 0 Å². The third-order valence-corrected chi connectivity index (χ3v) is 4.65. The highest BCUT2D eigenvalue weighted by Gasteiger charge is 2.39. The minimum Gasteiger partial charge on any atom is -0.198 e. The molecule has 0 aliphatic heterocycles. The summed E-state index contributed by atoms with van der Waals surface area (Å²) in [5.74, 6) is 1.69. The molecule has 0 aromatic carbocycles. The Balaban J connectivity index is 2.47. The van der Waals surface area contributed by atoms with E-state index in [0.717, 1.165) is 18.3 Å². The fourth-order valence-corrected chi connectivity index (χ4v) is 2.72. The zero-order valence-electron chi connectivity index (χ0n) is 11.2. The van der Waals surface area contributed by atoms with Gasteiger partial charge in [-0.3, -0.25) is 0 Å². The lowest BCUT2D eigenvalue weighted by Crippen LogP contribution is -2.22. The fourth-order valence-electron chi connectivity index (χ4n) is 2.72. The Bertz CT molecular complexity index is 293. The number of rotatable bonds is 4. The van der Waals surface area contributed by atoms with Gasteiger partial charge in [-0.2, -0.15) is 5.26 Å². The lowest BCUT2D eigenvalue weighted by atomic mass is 9.75. The van der Waals surface area contributed by atoms with Gasteiger partial charge >= 0.3 is 0 Å². The second kappa shape index (κ2) is 5.53. The van der Waals surface area contributed by atoms with Crippen molar-refractivity contribution in [3.8, 4) is 6.07 Å². The largest absolute Gasteiger partial charge is 0.198 e. The topological polar surface area (TPSA) is 23.8 Å². The number of nitriles is 1. The van der Waals surface area contributed by atoms with Crippen LogP contribution < -0.4 is 0 Å². The summed E-state index contributed by atoms with van der Waals surface area (Å²) < 4.78 is 0. The minimum atomic E-state index is 0.492. The molecule has 0 spiro atoms. The zero-order chi connectivity index (χ0) is 12.2. The molecule has 1 rings (SSSR count). The number of allylic oxidation sites excluding steroid dienone is 2. The van der Waals surface area contributed by atoms with Crippen molar-refractivity contribution in [3.05, 3.63) is 11.6 Å². The predicted octanol–water partition coefficient (Wildman–Crippen LogP) is 4.70. The van der Waals surface area contributed by atoms with Gasteiger partial charge < -0.3 is 0 Å². The zero-order valence-corrected chi connectivity index (χ0v) is 11.2. The fraction of sp³-hybridized carbons (Fsp3) is 0.800. The van der Waals surface area contributed by atoms with E-state index < -0.39 is 0 Å². The summed E-state index contributed by atoms with van der Waals surface area (Å²) in [5.41, 5.74) is 1.88. The van der Waals surface area contributed by atoms with Gasteiger partial charge in [0.1, 0.15) is 0 Å². The van der Waals surface area contributed by atoms with Crippen LogP contribution in [-0.4, -0.2) is 0 Å². The van der Waals surface area contributed by atoms with Gasteiger partial charge in [0.05, 0.1) is 6.07 Å². The van der Waals surface area contributed by atoms with E-state index >= 15 is 0 Å². The molecule has 0 bridgehead atoms. The van der Waals surface area contributed by atoms with E-state index in [1.165, 1.54) is 24.8 Å². The maximum atomic E-state index is 8.54. The van der Waals surface area contributed by atoms with Crippen LogP contribution >= 0.6 is 0 Å². The van der Waals surface area contributed by atoms with Crippen molar-refractivity contribution in [1.82, 2.24) is 0 Å². The van der Waals surface area contributed by atoms with Crippen LogP contribution in [0.2, 0.25) is 0 Å². The van der Waals surface area contributed by atoms with Crippen molar-refractivity contribution in [2.45, 2.75) is 59.8 Å². The Morgan fingerprint density at radius 2 is 2.12 bits per heavy atom. The molecule has 2 atom stereocenters. The van der Waals surface area contributed by atoms with Crippen molar-refractivity contribution in [1.29, 1.82) is 5.26 Å². The highest BCUT2D eigenvalue weighted by molar-refractivity contribution is 5.03. The first kappa shape index (κ1) is 13.3. The molecule has 0 N–H and O–H groups in total. The lowest BCUT2D eigenvalue weighted by molar-refractivity contribution is 0.199. The summed E-state index contributed by atoms with van der Waals surface area (Å²) in [4.78, 5) is 0. The Hall–Kier alpha value is -0.770. The summed E-state index contributed by atoms with van der Waals surface area (Å²) in [6.45, 7) is 9.36. The predicted molar refractivity (Wildman–Crippen MR) is 68.9 cm³/mol. The highest BCUT2D eigenvalue weighted by atomic mass is 14.4. The maximum absolute atomic E-state index is 8.54. The van der Waals surface area contributed by atoms with Gasteiger partial charge in [-0.15, -0.1) is 0 Å². The van der Waals surface area contributed by atoms with Gasteiger partial charge in [0.15, 0.2) is 0 Å². The van der Waals surface area contributed by atoms with Crippen LogP contribution in [0.25, 0.3) is 0 Å². The average Bonchev–Trinajstić information content (AvgIpc) is 2.49. The third kappa shape index (κ3) is 3.11. The molecule has 1 saturated carbocycles. The summed E-state index contributed by atoms with van der Waals surface area (Å²) in [6, 6.07) is 2.21. The van der Waals surface area contributed by atoms with E-state index in [4.69, 9.17) is 5.26 Å². The molecule has 16 heavy (non-hydrogen) atoms. The standard InChI is InChI=1S/C15H25N/c1-12(6-5-11-16)7-9-14-10-8-13(2)15(14,3)4/h7,13-14H,5-6,8-10H2,1-4H3. The number of hydrogen-bond donors (Lipinski definition) is 0. The molecule has 2 unspecified atom stereocenters. The summed E-state index contributed by atoms with van der Waals surface area (Å²) in [7, 11) is 0. The summed E-state index contributed by atoms with van der Waals surface area (Å²) in [5, 5.41) is 8.54. The quantitative estimate of drug-likeness (QED) is 0.629. The van der Waals surface area contributed by atoms with Crippen molar-refractivity contribution < 1.29 is 0 Å². The molecule has 1 nitrogen and oxygen atoms in total. The molecule has 1 aliphatic rings. The normalized spacial score (nSPS) is 29.1. The SMILES string of the molecule is CC(=CCC1CCC(C)C1(C)C)CCC#N. The molecule has 1 heteroatoms. The van der Waals surface area contributed by atoms with Crippen LogP contribution in [0.15, 0.2) is 11.6 Å². The van der Waals surface area contributed by atoms with Gasteiger partial charge in [0, 0.05) is 6.42 Å². The number of nitrogens with zero attached hydrogens (tertiary/aromatic N) is 1. The second-order valence-corrected chi connectivity index (χ2v) is 5.94. The van der Waals surface area contributed by atoms with E-state index in [-0.39, 0.29) is 0 Å². The van der Waals surface area contributed by atoms with Crippen LogP contribution in [0.3, 0.4) is 0 Å². The molecule has 1 fully saturated rings. The van der Waals surface area contributed by atoms with E-state index in [9.17, 15) is 0 Å². The average molecular weight is 219 g/mol. The van der Waals surface area contributed by atoms with Gasteiger partial charge in [-0.1, -0.05) is 32.4 Å². The Kier molecular flexibility index (Phi) is 4.59. The smallest absolute Gasteiger partial charge is 0.0625 e. The van der Waals surface area contributed by atoms with Gasteiger partial charge in [-0.05, 0) is 49.9 Å². The van der Waals surface area contributed by atoms with E-state index in [1.807, 2.05) is 0 Å². The molecule has 90 valence electrons. The molecule has 0 aromatic rings. The molecule has 0 amide bonds. The Morgan fingerprint density at radius 3 is 2.62 bits per heavy atom. The first-order valence-electron chi connectivity index (χ1n) is 6.51. The molecule has 0 saturated heterocycles. The first-order chi connectivity index (χ1) is 7.48. The molecular formula is C15H25N. The van der Waals surface area contributed by atoms with Gasteiger partial charge in [-0.25, -0.2) is 0 Å². The molecule has 0 radical (unpaired) electrons. The Morgan fingerprint density at radius 1 is 1.44 bits per heavy atom. The monoisotopic (exact) mass is 219 g/mol. The molecule has 0 heterocycles. The number of hydrogen-bond acceptors (Lipinski definition) is 1. The van der Waals surface area contributed by atoms with Crippen molar-refractivity contribution >= 4 is 0 Å². The summed E-state index contributed by atoms with van der Waals surface area (Å²) in [6.07, 6.45) is 7.92. The van der Waals surface area contributed by atoms with E-state index in [2.05, 4.69) is 39.8 Å². The molecular weight excluding hydrogens is 194 g/mol. The summed E-state index contributed by atoms with van der Waals surface area (Å²) >= 11 is 0. The molecule has 1 aliphatic carbocycles. The molecule has 0 aromatic heterocycles. The van der Waals surface area contributed by atoms with Gasteiger partial charge in [0.2, 0.25) is 0 Å². The van der Waals surface area contributed by atoms with Crippen LogP contribution in [0.1, 0.15) is 59.8 Å². The van der Waals surface area contributed by atoms with Crippen LogP contribution in [-0.2, 0) is 0 Å². The van der Waals surface area contributed by atoms with Crippen LogP contribution in [0, 0.1) is 28.6 Å². The minimum absolute atomic E-state index is 0.492. The second-order valence-electron chi connectivity index (χ2n) is 5.94. The van der Waals surface area contributed by atoms with E-state index in [0.29, 0.717) is 11.8 Å². The first-order valence-corrected chi connectivity index (χ1v) is 6.51.